The molecule has 2 heterocycles. The van der Waals surface area contributed by atoms with Gasteiger partial charge in [-0.25, -0.2) is 0 Å². The van der Waals surface area contributed by atoms with Crippen LogP contribution in [0.4, 0.5) is 0 Å². The van der Waals surface area contributed by atoms with Crippen LogP contribution in [-0.2, 0) is 0 Å². The summed E-state index contributed by atoms with van der Waals surface area (Å²) in [5.74, 6) is 0.383. The molecule has 0 bridgehead atoms. The lowest BCUT2D eigenvalue weighted by molar-refractivity contribution is 0.0919. The van der Waals surface area contributed by atoms with Gasteiger partial charge in [-0.3, -0.25) is 9.69 Å². The second-order valence-corrected chi connectivity index (χ2v) is 7.54. The summed E-state index contributed by atoms with van der Waals surface area (Å²) in [5, 5.41) is 8.58. The van der Waals surface area contributed by atoms with Crippen LogP contribution in [-0.4, -0.2) is 40.0 Å². The molecule has 134 valence electrons. The summed E-state index contributed by atoms with van der Waals surface area (Å²) in [6.45, 7) is 7.19. The van der Waals surface area contributed by atoms with E-state index >= 15 is 0 Å². The number of carbonyl (C=O) groups excluding carboxylic acids is 1. The Kier molecular flexibility index (Phi) is 6.15. The smallest absolute Gasteiger partial charge is 0.272 e. The van der Waals surface area contributed by atoms with Crippen molar-refractivity contribution in [1.29, 1.82) is 0 Å². The normalized spacial score (nSPS) is 16.8. The van der Waals surface area contributed by atoms with Crippen LogP contribution < -0.4 is 5.32 Å². The van der Waals surface area contributed by atoms with Crippen LogP contribution in [0, 0.1) is 0 Å². The molecule has 0 radical (unpaired) electrons. The Labute approximate surface area is 153 Å². The quantitative estimate of drug-likeness (QED) is 0.857. The summed E-state index contributed by atoms with van der Waals surface area (Å²) in [6, 6.07) is 9.06. The molecule has 1 aliphatic rings. The zero-order valence-electron chi connectivity index (χ0n) is 14.9. The maximum Gasteiger partial charge on any atom is 0.272 e. The Morgan fingerprint density at radius 3 is 2.44 bits per heavy atom. The molecule has 0 unspecified atom stereocenters. The highest BCUT2D eigenvalue weighted by Crippen LogP contribution is 2.26. The van der Waals surface area contributed by atoms with Crippen molar-refractivity contribution in [3.63, 3.8) is 0 Å². The standard InChI is InChI=1S/C19H26N4OS/c1-14(2)15-6-8-16(9-7-15)18(23-10-4-3-5-11-23)12-20-19(24)17-13-25-22-21-17/h6-9,13-14,18H,3-5,10-12H2,1-2H3,(H,20,24)/t18-/m0/s1. The lowest BCUT2D eigenvalue weighted by atomic mass is 9.97. The molecule has 1 aromatic heterocycles. The van der Waals surface area contributed by atoms with Gasteiger partial charge >= 0.3 is 0 Å². The minimum absolute atomic E-state index is 0.144. The van der Waals surface area contributed by atoms with E-state index in [-0.39, 0.29) is 11.9 Å². The minimum atomic E-state index is -0.144. The van der Waals surface area contributed by atoms with E-state index in [9.17, 15) is 4.79 Å². The summed E-state index contributed by atoms with van der Waals surface area (Å²) >= 11 is 1.20. The predicted octanol–water partition coefficient (Wildman–Crippen LogP) is 3.62. The van der Waals surface area contributed by atoms with Crippen molar-refractivity contribution in [2.45, 2.75) is 45.1 Å². The molecule has 1 aliphatic heterocycles. The molecule has 1 saturated heterocycles. The van der Waals surface area contributed by atoms with E-state index in [0.717, 1.165) is 13.1 Å². The van der Waals surface area contributed by atoms with Crippen LogP contribution in [0.2, 0.25) is 0 Å². The molecular formula is C19H26N4OS. The number of aromatic nitrogens is 2. The van der Waals surface area contributed by atoms with Gasteiger partial charge in [0, 0.05) is 11.9 Å². The third-order valence-electron chi connectivity index (χ3n) is 4.87. The Bertz CT molecular complexity index is 663. The summed E-state index contributed by atoms with van der Waals surface area (Å²) < 4.78 is 3.76. The van der Waals surface area contributed by atoms with Gasteiger partial charge in [0.1, 0.15) is 0 Å². The maximum atomic E-state index is 12.2. The molecule has 1 atom stereocenters. The van der Waals surface area contributed by atoms with Crippen molar-refractivity contribution in [2.24, 2.45) is 0 Å². The molecular weight excluding hydrogens is 332 g/mol. The highest BCUT2D eigenvalue weighted by molar-refractivity contribution is 7.03. The van der Waals surface area contributed by atoms with Gasteiger partial charge in [0.2, 0.25) is 0 Å². The first-order valence-corrected chi connectivity index (χ1v) is 9.88. The maximum absolute atomic E-state index is 12.2. The third kappa shape index (κ3) is 4.64. The molecule has 1 fully saturated rings. The monoisotopic (exact) mass is 358 g/mol. The van der Waals surface area contributed by atoms with Gasteiger partial charge in [-0.05, 0) is 54.5 Å². The van der Waals surface area contributed by atoms with Crippen molar-refractivity contribution in [1.82, 2.24) is 19.8 Å². The number of nitrogens with one attached hydrogen (secondary N) is 1. The van der Waals surface area contributed by atoms with E-state index in [0.29, 0.717) is 18.2 Å². The van der Waals surface area contributed by atoms with E-state index in [4.69, 9.17) is 0 Å². The van der Waals surface area contributed by atoms with Gasteiger partial charge in [0.15, 0.2) is 5.69 Å². The van der Waals surface area contributed by atoms with Crippen LogP contribution >= 0.6 is 11.5 Å². The first-order valence-electron chi connectivity index (χ1n) is 9.04. The second kappa shape index (κ2) is 8.54. The van der Waals surface area contributed by atoms with Crippen LogP contribution in [0.5, 0.6) is 0 Å². The van der Waals surface area contributed by atoms with Crippen LogP contribution in [0.15, 0.2) is 29.6 Å². The zero-order chi connectivity index (χ0) is 17.6. The summed E-state index contributed by atoms with van der Waals surface area (Å²) in [6.07, 6.45) is 3.75. The zero-order valence-corrected chi connectivity index (χ0v) is 15.8. The fourth-order valence-electron chi connectivity index (χ4n) is 3.33. The van der Waals surface area contributed by atoms with Gasteiger partial charge in [-0.15, -0.1) is 5.10 Å². The molecule has 1 N–H and O–H groups in total. The fourth-order valence-corrected chi connectivity index (χ4v) is 3.77. The molecule has 6 heteroatoms. The minimum Gasteiger partial charge on any atom is -0.349 e. The predicted molar refractivity (Wildman–Crippen MR) is 101 cm³/mol. The molecule has 5 nitrogen and oxygen atoms in total. The fraction of sp³-hybridized carbons (Fsp3) is 0.526. The van der Waals surface area contributed by atoms with Crippen molar-refractivity contribution in [3.05, 3.63) is 46.5 Å². The topological polar surface area (TPSA) is 58.1 Å². The van der Waals surface area contributed by atoms with Crippen molar-refractivity contribution < 1.29 is 4.79 Å². The van der Waals surface area contributed by atoms with Gasteiger partial charge in [0.05, 0.1) is 6.04 Å². The Balaban J connectivity index is 1.73. The number of likely N-dealkylation sites (tertiary alicyclic amines) is 1. The lowest BCUT2D eigenvalue weighted by Gasteiger charge is -2.35. The molecule has 0 aliphatic carbocycles. The van der Waals surface area contributed by atoms with E-state index in [2.05, 4.69) is 57.9 Å². The van der Waals surface area contributed by atoms with Crippen molar-refractivity contribution in [3.8, 4) is 0 Å². The van der Waals surface area contributed by atoms with E-state index in [1.54, 1.807) is 5.38 Å². The first-order chi connectivity index (χ1) is 12.1. The van der Waals surface area contributed by atoms with Crippen molar-refractivity contribution in [2.75, 3.05) is 19.6 Å². The number of amides is 1. The molecule has 0 saturated carbocycles. The molecule has 2 aromatic rings. The molecule has 0 spiro atoms. The Hall–Kier alpha value is -1.79. The molecule has 25 heavy (non-hydrogen) atoms. The number of carbonyl (C=O) groups is 1. The highest BCUT2D eigenvalue weighted by Gasteiger charge is 2.23. The molecule has 1 aromatic carbocycles. The second-order valence-electron chi connectivity index (χ2n) is 6.93. The number of benzene rings is 1. The van der Waals surface area contributed by atoms with Crippen LogP contribution in [0.25, 0.3) is 0 Å². The number of hydrogen-bond acceptors (Lipinski definition) is 5. The molecule has 1 amide bonds. The lowest BCUT2D eigenvalue weighted by Crippen LogP contribution is -2.40. The summed E-state index contributed by atoms with van der Waals surface area (Å²) in [4.78, 5) is 14.7. The van der Waals surface area contributed by atoms with Gasteiger partial charge < -0.3 is 5.32 Å². The van der Waals surface area contributed by atoms with Crippen LogP contribution in [0.3, 0.4) is 0 Å². The van der Waals surface area contributed by atoms with E-state index in [1.807, 2.05) is 0 Å². The third-order valence-corrected chi connectivity index (χ3v) is 5.37. The molecule has 3 rings (SSSR count). The average Bonchev–Trinajstić information content (AvgIpc) is 3.18. The van der Waals surface area contributed by atoms with E-state index < -0.39 is 0 Å². The highest BCUT2D eigenvalue weighted by atomic mass is 32.1. The largest absolute Gasteiger partial charge is 0.349 e. The summed E-state index contributed by atoms with van der Waals surface area (Å²) in [5.41, 5.74) is 3.01. The number of rotatable bonds is 6. The number of piperidine rings is 1. The van der Waals surface area contributed by atoms with Gasteiger partial charge in [-0.1, -0.05) is 49.0 Å². The van der Waals surface area contributed by atoms with Gasteiger partial charge in [-0.2, -0.15) is 0 Å². The first kappa shape index (κ1) is 18.0. The summed E-state index contributed by atoms with van der Waals surface area (Å²) in [7, 11) is 0. The van der Waals surface area contributed by atoms with Crippen LogP contribution in [0.1, 0.15) is 66.7 Å². The Morgan fingerprint density at radius 1 is 1.16 bits per heavy atom. The average molecular weight is 359 g/mol. The van der Waals surface area contributed by atoms with E-state index in [1.165, 1.54) is 41.9 Å². The van der Waals surface area contributed by atoms with Gasteiger partial charge in [0.25, 0.3) is 5.91 Å². The SMILES string of the molecule is CC(C)c1ccc([C@H](CNC(=O)c2csnn2)N2CCCCC2)cc1. The number of hydrogen-bond donors (Lipinski definition) is 1. The van der Waals surface area contributed by atoms with Crippen molar-refractivity contribution >= 4 is 17.4 Å². The number of nitrogens with zero attached hydrogens (tertiary/aromatic N) is 3. The Morgan fingerprint density at radius 2 is 1.84 bits per heavy atom.